The zero-order valence-electron chi connectivity index (χ0n) is 10.6. The second kappa shape index (κ2) is 6.44. The second-order valence-corrected chi connectivity index (χ2v) is 5.05. The summed E-state index contributed by atoms with van der Waals surface area (Å²) in [6.07, 6.45) is 0.480. The lowest BCUT2D eigenvalue weighted by atomic mass is 10.1. The molecule has 0 aliphatic rings. The fourth-order valence-corrected chi connectivity index (χ4v) is 2.17. The summed E-state index contributed by atoms with van der Waals surface area (Å²) in [7, 11) is 0. The van der Waals surface area contributed by atoms with E-state index in [1.807, 2.05) is 13.8 Å². The van der Waals surface area contributed by atoms with Gasteiger partial charge in [-0.3, -0.25) is 9.59 Å². The molecule has 1 rings (SSSR count). The number of carbonyl (C=O) groups is 2. The molecule has 1 heterocycles. The minimum Gasteiger partial charge on any atom is -0.481 e. The number of aliphatic carboxylic acids is 1. The quantitative estimate of drug-likeness (QED) is 0.818. The lowest BCUT2D eigenvalue weighted by Crippen LogP contribution is -2.32. The van der Waals surface area contributed by atoms with Gasteiger partial charge in [-0.15, -0.1) is 5.10 Å². The van der Waals surface area contributed by atoms with Crippen LogP contribution in [-0.4, -0.2) is 33.1 Å². The third-order valence-electron chi connectivity index (χ3n) is 2.62. The highest BCUT2D eigenvalue weighted by atomic mass is 32.1. The van der Waals surface area contributed by atoms with Crippen LogP contribution in [0.3, 0.4) is 0 Å². The van der Waals surface area contributed by atoms with Crippen molar-refractivity contribution in [3.63, 3.8) is 0 Å². The second-order valence-electron chi connectivity index (χ2n) is 4.30. The molecule has 0 aliphatic carbocycles. The van der Waals surface area contributed by atoms with Crippen LogP contribution >= 0.6 is 11.5 Å². The van der Waals surface area contributed by atoms with Crippen molar-refractivity contribution < 1.29 is 14.7 Å². The minimum absolute atomic E-state index is 0.117. The number of aromatic nitrogens is 2. The highest BCUT2D eigenvalue weighted by Crippen LogP contribution is 2.19. The maximum Gasteiger partial charge on any atom is 0.308 e. The molecule has 0 saturated carbocycles. The summed E-state index contributed by atoms with van der Waals surface area (Å²) in [5.74, 6) is -1.64. The van der Waals surface area contributed by atoms with Gasteiger partial charge in [-0.25, -0.2) is 0 Å². The Morgan fingerprint density at radius 3 is 2.61 bits per heavy atom. The van der Waals surface area contributed by atoms with E-state index in [1.54, 1.807) is 6.92 Å². The molecule has 18 heavy (non-hydrogen) atoms. The van der Waals surface area contributed by atoms with Crippen LogP contribution in [0.5, 0.6) is 0 Å². The average Bonchev–Trinajstić information content (AvgIpc) is 2.78. The number of carboxylic acids is 1. The first-order valence-electron chi connectivity index (χ1n) is 5.80. The molecule has 1 unspecified atom stereocenters. The Morgan fingerprint density at radius 2 is 2.11 bits per heavy atom. The molecule has 1 aromatic rings. The molecule has 0 saturated heterocycles. The fraction of sp³-hybridized carbons (Fsp3) is 0.636. The van der Waals surface area contributed by atoms with Gasteiger partial charge in [0.15, 0.2) is 0 Å². The van der Waals surface area contributed by atoms with E-state index in [9.17, 15) is 9.59 Å². The topological polar surface area (TPSA) is 92.2 Å². The van der Waals surface area contributed by atoms with Gasteiger partial charge in [-0.2, -0.15) is 0 Å². The van der Waals surface area contributed by atoms with Crippen LogP contribution in [0, 0.1) is 5.92 Å². The molecule has 1 atom stereocenters. The monoisotopic (exact) mass is 271 g/mol. The summed E-state index contributed by atoms with van der Waals surface area (Å²) < 4.78 is 3.76. The third kappa shape index (κ3) is 3.49. The Bertz CT molecular complexity index is 431. The van der Waals surface area contributed by atoms with Crippen molar-refractivity contribution in [1.82, 2.24) is 14.9 Å². The summed E-state index contributed by atoms with van der Waals surface area (Å²) >= 11 is 1.03. The molecular weight excluding hydrogens is 254 g/mol. The van der Waals surface area contributed by atoms with Crippen molar-refractivity contribution in [2.24, 2.45) is 5.92 Å². The van der Waals surface area contributed by atoms with Gasteiger partial charge < -0.3 is 10.4 Å². The number of rotatable bonds is 6. The van der Waals surface area contributed by atoms with Gasteiger partial charge in [0.2, 0.25) is 0 Å². The van der Waals surface area contributed by atoms with Gasteiger partial charge in [0.05, 0.1) is 11.6 Å². The maximum atomic E-state index is 11.9. The van der Waals surface area contributed by atoms with E-state index < -0.39 is 11.9 Å². The van der Waals surface area contributed by atoms with Gasteiger partial charge in [0, 0.05) is 6.54 Å². The van der Waals surface area contributed by atoms with E-state index in [1.165, 1.54) is 0 Å². The molecule has 0 fully saturated rings. The Hall–Kier alpha value is -1.50. The van der Waals surface area contributed by atoms with Crippen molar-refractivity contribution in [3.8, 4) is 0 Å². The Labute approximate surface area is 110 Å². The zero-order chi connectivity index (χ0) is 13.7. The van der Waals surface area contributed by atoms with Crippen LogP contribution < -0.4 is 5.32 Å². The molecular formula is C11H17N3O3S. The summed E-state index contributed by atoms with van der Waals surface area (Å²) in [4.78, 5) is 23.2. The van der Waals surface area contributed by atoms with Gasteiger partial charge in [-0.1, -0.05) is 25.3 Å². The number of amides is 1. The molecule has 0 aliphatic heterocycles. The maximum absolute atomic E-state index is 11.9. The van der Waals surface area contributed by atoms with E-state index in [0.29, 0.717) is 17.0 Å². The van der Waals surface area contributed by atoms with Crippen molar-refractivity contribution in [3.05, 3.63) is 10.6 Å². The number of nitrogens with one attached hydrogen (secondary N) is 1. The number of nitrogens with zero attached hydrogens (tertiary/aromatic N) is 2. The lowest BCUT2D eigenvalue weighted by Gasteiger charge is -2.11. The van der Waals surface area contributed by atoms with Crippen LogP contribution in [0.25, 0.3) is 0 Å². The van der Waals surface area contributed by atoms with E-state index in [4.69, 9.17) is 5.11 Å². The first-order chi connectivity index (χ1) is 8.47. The van der Waals surface area contributed by atoms with Gasteiger partial charge >= 0.3 is 5.97 Å². The van der Waals surface area contributed by atoms with Crippen molar-refractivity contribution in [1.29, 1.82) is 0 Å². The average molecular weight is 271 g/mol. The number of carboxylic acid groups (broad SMARTS) is 1. The standard InChI is InChI=1S/C11H17N3O3S/c1-4-7(11(16)17)5-12-10(15)9-8(6(2)3)13-14-18-9/h6-7H,4-5H2,1-3H3,(H,12,15)(H,16,17). The smallest absolute Gasteiger partial charge is 0.308 e. The molecule has 1 aromatic heterocycles. The van der Waals surface area contributed by atoms with Crippen LogP contribution in [-0.2, 0) is 4.79 Å². The predicted octanol–water partition coefficient (Wildman–Crippen LogP) is 1.50. The molecule has 0 radical (unpaired) electrons. The molecule has 0 spiro atoms. The van der Waals surface area contributed by atoms with E-state index in [-0.39, 0.29) is 18.4 Å². The Balaban J connectivity index is 2.65. The first kappa shape index (κ1) is 14.6. The Morgan fingerprint density at radius 1 is 1.44 bits per heavy atom. The highest BCUT2D eigenvalue weighted by molar-refractivity contribution is 7.08. The van der Waals surface area contributed by atoms with Crippen LogP contribution in [0.1, 0.15) is 48.5 Å². The van der Waals surface area contributed by atoms with E-state index >= 15 is 0 Å². The summed E-state index contributed by atoms with van der Waals surface area (Å²) in [6.45, 7) is 5.76. The summed E-state index contributed by atoms with van der Waals surface area (Å²) in [6, 6.07) is 0. The van der Waals surface area contributed by atoms with Gasteiger partial charge in [-0.05, 0) is 23.9 Å². The molecule has 6 nitrogen and oxygen atoms in total. The first-order valence-corrected chi connectivity index (χ1v) is 6.57. The van der Waals surface area contributed by atoms with Crippen LogP contribution in [0.4, 0.5) is 0 Å². The summed E-state index contributed by atoms with van der Waals surface area (Å²) in [5.41, 5.74) is 0.654. The normalized spacial score (nSPS) is 12.4. The van der Waals surface area contributed by atoms with E-state index in [2.05, 4.69) is 14.9 Å². The molecule has 7 heteroatoms. The zero-order valence-corrected chi connectivity index (χ0v) is 11.5. The largest absolute Gasteiger partial charge is 0.481 e. The number of carbonyl (C=O) groups excluding carboxylic acids is 1. The van der Waals surface area contributed by atoms with Gasteiger partial charge in [0.25, 0.3) is 5.91 Å². The SMILES string of the molecule is CCC(CNC(=O)c1snnc1C(C)C)C(=O)O. The minimum atomic E-state index is -0.899. The molecule has 100 valence electrons. The van der Waals surface area contributed by atoms with Gasteiger partial charge in [0.1, 0.15) is 4.88 Å². The van der Waals surface area contributed by atoms with E-state index in [0.717, 1.165) is 11.5 Å². The Kier molecular flexibility index (Phi) is 5.21. The molecule has 1 amide bonds. The molecule has 0 bridgehead atoms. The van der Waals surface area contributed by atoms with Crippen molar-refractivity contribution >= 4 is 23.4 Å². The third-order valence-corrected chi connectivity index (χ3v) is 3.36. The molecule has 0 aromatic carbocycles. The lowest BCUT2D eigenvalue weighted by molar-refractivity contribution is -0.141. The summed E-state index contributed by atoms with van der Waals surface area (Å²) in [5, 5.41) is 15.4. The molecule has 2 N–H and O–H groups in total. The predicted molar refractivity (Wildman–Crippen MR) is 67.7 cm³/mol. The van der Waals surface area contributed by atoms with Crippen LogP contribution in [0.2, 0.25) is 0 Å². The van der Waals surface area contributed by atoms with Crippen molar-refractivity contribution in [2.45, 2.75) is 33.1 Å². The number of hydrogen-bond donors (Lipinski definition) is 2. The van der Waals surface area contributed by atoms with Crippen LogP contribution in [0.15, 0.2) is 0 Å². The number of hydrogen-bond acceptors (Lipinski definition) is 5. The highest BCUT2D eigenvalue weighted by Gasteiger charge is 2.21. The fourth-order valence-electron chi connectivity index (χ4n) is 1.44. The van der Waals surface area contributed by atoms with Crippen molar-refractivity contribution in [2.75, 3.05) is 6.54 Å².